The van der Waals surface area contributed by atoms with Gasteiger partial charge in [-0.05, 0) is 31.9 Å². The van der Waals surface area contributed by atoms with Crippen LogP contribution in [0, 0.1) is 0 Å². The van der Waals surface area contributed by atoms with E-state index in [2.05, 4.69) is 10.6 Å². The molecule has 0 radical (unpaired) electrons. The van der Waals surface area contributed by atoms with Crippen LogP contribution in [0.25, 0.3) is 0 Å². The van der Waals surface area contributed by atoms with Gasteiger partial charge >= 0.3 is 0 Å². The monoisotopic (exact) mass is 372 g/mol. The highest BCUT2D eigenvalue weighted by molar-refractivity contribution is 6.39. The molecule has 1 aliphatic carbocycles. The molecule has 3 N–H and O–H groups in total. The Morgan fingerprint density at radius 1 is 1.25 bits per heavy atom. The topological polar surface area (TPSA) is 62.6 Å². The number of quaternary nitrogens is 1. The summed E-state index contributed by atoms with van der Waals surface area (Å²) in [5, 5.41) is 6.57. The van der Waals surface area contributed by atoms with Gasteiger partial charge < -0.3 is 15.5 Å². The molecule has 2 amide bonds. The third-order valence-electron chi connectivity index (χ3n) is 4.50. The molecule has 1 saturated carbocycles. The molecule has 1 fully saturated rings. The van der Waals surface area contributed by atoms with Crippen LogP contribution in [0.4, 0.5) is 5.69 Å². The van der Waals surface area contributed by atoms with E-state index in [1.807, 2.05) is 14.0 Å². The van der Waals surface area contributed by atoms with E-state index in [-0.39, 0.29) is 30.4 Å². The van der Waals surface area contributed by atoms with E-state index in [0.717, 1.165) is 17.7 Å². The first-order chi connectivity index (χ1) is 11.4. The summed E-state index contributed by atoms with van der Waals surface area (Å²) in [4.78, 5) is 25.3. The summed E-state index contributed by atoms with van der Waals surface area (Å²) in [6, 6.07) is 5.02. The van der Waals surface area contributed by atoms with Gasteiger partial charge in [-0.15, -0.1) is 0 Å². The quantitative estimate of drug-likeness (QED) is 0.713. The first-order valence-corrected chi connectivity index (χ1v) is 9.00. The molecule has 2 atom stereocenters. The van der Waals surface area contributed by atoms with E-state index in [9.17, 15) is 9.59 Å². The second-order valence-corrected chi connectivity index (χ2v) is 7.19. The Hall–Kier alpha value is -1.30. The van der Waals surface area contributed by atoms with Gasteiger partial charge in [0.25, 0.3) is 11.8 Å². The Bertz CT molecular complexity index is 583. The maximum atomic E-state index is 12.3. The van der Waals surface area contributed by atoms with Crippen LogP contribution in [-0.2, 0) is 9.59 Å². The zero-order valence-electron chi connectivity index (χ0n) is 14.0. The van der Waals surface area contributed by atoms with E-state index in [1.165, 1.54) is 12.8 Å². The normalized spacial score (nSPS) is 17.3. The molecule has 5 nitrogen and oxygen atoms in total. The Morgan fingerprint density at radius 2 is 1.83 bits per heavy atom. The lowest BCUT2D eigenvalue weighted by Crippen LogP contribution is -3.15. The van der Waals surface area contributed by atoms with Crippen molar-refractivity contribution in [3.8, 4) is 0 Å². The average molecular weight is 373 g/mol. The number of hydrogen-bond donors (Lipinski definition) is 3. The van der Waals surface area contributed by atoms with Crippen molar-refractivity contribution in [1.29, 1.82) is 0 Å². The van der Waals surface area contributed by atoms with Gasteiger partial charge in [0.2, 0.25) is 0 Å². The second kappa shape index (κ2) is 8.70. The van der Waals surface area contributed by atoms with Gasteiger partial charge in [0.1, 0.15) is 0 Å². The molecule has 7 heteroatoms. The molecule has 24 heavy (non-hydrogen) atoms. The predicted octanol–water partition coefficient (Wildman–Crippen LogP) is 1.89. The molecule has 0 aliphatic heterocycles. The number of nitrogens with one attached hydrogen (secondary N) is 3. The number of amides is 2. The van der Waals surface area contributed by atoms with E-state index in [0.29, 0.717) is 15.7 Å². The molecule has 0 spiro atoms. The lowest BCUT2D eigenvalue weighted by atomic mass is 10.2. The lowest BCUT2D eigenvalue weighted by molar-refractivity contribution is -0.885. The number of anilines is 1. The Kier molecular flexibility index (Phi) is 6.90. The highest BCUT2D eigenvalue weighted by atomic mass is 35.5. The average Bonchev–Trinajstić information content (AvgIpc) is 3.03. The standard InChI is InChI=1S/C17H23Cl2N3O2/c1-11(17(24)20-12-6-3-4-7-12)22(2)10-15(23)21-16-13(18)8-5-9-14(16)19/h5,8-9,11-12H,3-4,6-7,10H2,1-2H3,(H,20,24)(H,21,23)/p+1/t11-/m1/s1. The van der Waals surface area contributed by atoms with Crippen LogP contribution in [0.2, 0.25) is 10.0 Å². The van der Waals surface area contributed by atoms with Crippen LogP contribution in [0.5, 0.6) is 0 Å². The summed E-state index contributed by atoms with van der Waals surface area (Å²) >= 11 is 12.1. The fraction of sp³-hybridized carbons (Fsp3) is 0.529. The predicted molar refractivity (Wildman–Crippen MR) is 96.7 cm³/mol. The molecule has 0 aromatic heterocycles. The van der Waals surface area contributed by atoms with Gasteiger partial charge in [0.05, 0.1) is 22.8 Å². The lowest BCUT2D eigenvalue weighted by Gasteiger charge is -2.22. The molecule has 1 aromatic rings. The number of likely N-dealkylation sites (N-methyl/N-ethyl adjacent to an activating group) is 1. The molecule has 0 heterocycles. The van der Waals surface area contributed by atoms with Gasteiger partial charge in [0.15, 0.2) is 12.6 Å². The minimum atomic E-state index is -0.307. The first-order valence-electron chi connectivity index (χ1n) is 8.25. The minimum absolute atomic E-state index is 0.0111. The van der Waals surface area contributed by atoms with E-state index >= 15 is 0 Å². The fourth-order valence-electron chi connectivity index (χ4n) is 2.83. The minimum Gasteiger partial charge on any atom is -0.348 e. The fourth-order valence-corrected chi connectivity index (χ4v) is 3.32. The van der Waals surface area contributed by atoms with E-state index in [4.69, 9.17) is 23.2 Å². The maximum Gasteiger partial charge on any atom is 0.279 e. The highest BCUT2D eigenvalue weighted by Crippen LogP contribution is 2.29. The van der Waals surface area contributed by atoms with E-state index in [1.54, 1.807) is 18.2 Å². The van der Waals surface area contributed by atoms with Crippen molar-refractivity contribution in [2.24, 2.45) is 0 Å². The van der Waals surface area contributed by atoms with Crippen molar-refractivity contribution < 1.29 is 14.5 Å². The van der Waals surface area contributed by atoms with Crippen LogP contribution in [0.3, 0.4) is 0 Å². The summed E-state index contributed by atoms with van der Waals surface area (Å²) in [6.07, 6.45) is 4.43. The summed E-state index contributed by atoms with van der Waals surface area (Å²) in [5.41, 5.74) is 0.404. The number of halogens is 2. The Balaban J connectivity index is 1.87. The van der Waals surface area contributed by atoms with Gasteiger partial charge in [-0.2, -0.15) is 0 Å². The molecular weight excluding hydrogens is 349 g/mol. The third-order valence-corrected chi connectivity index (χ3v) is 5.13. The molecule has 1 aliphatic rings. The van der Waals surface area contributed by atoms with Gasteiger partial charge in [-0.3, -0.25) is 9.59 Å². The number of para-hydroxylation sites is 1. The molecule has 132 valence electrons. The maximum absolute atomic E-state index is 12.3. The third kappa shape index (κ3) is 5.10. The van der Waals surface area contributed by atoms with Crippen LogP contribution >= 0.6 is 23.2 Å². The van der Waals surface area contributed by atoms with Gasteiger partial charge in [-0.1, -0.05) is 42.1 Å². The van der Waals surface area contributed by atoms with Crippen molar-refractivity contribution in [2.45, 2.75) is 44.7 Å². The summed E-state index contributed by atoms with van der Waals surface area (Å²) < 4.78 is 0. The smallest absolute Gasteiger partial charge is 0.279 e. The number of rotatable bonds is 6. The zero-order chi connectivity index (χ0) is 17.7. The van der Waals surface area contributed by atoms with Crippen molar-refractivity contribution >= 4 is 40.7 Å². The number of benzene rings is 1. The number of carbonyl (C=O) groups excluding carboxylic acids is 2. The van der Waals surface area contributed by atoms with Gasteiger partial charge in [-0.25, -0.2) is 0 Å². The van der Waals surface area contributed by atoms with Crippen molar-refractivity contribution in [3.63, 3.8) is 0 Å². The van der Waals surface area contributed by atoms with Crippen molar-refractivity contribution in [3.05, 3.63) is 28.2 Å². The van der Waals surface area contributed by atoms with Crippen molar-refractivity contribution in [1.82, 2.24) is 5.32 Å². The van der Waals surface area contributed by atoms with Crippen LogP contribution in [-0.4, -0.2) is 37.5 Å². The second-order valence-electron chi connectivity index (χ2n) is 6.38. The summed E-state index contributed by atoms with van der Waals surface area (Å²) in [6.45, 7) is 1.98. The van der Waals surface area contributed by atoms with Crippen LogP contribution in [0.15, 0.2) is 18.2 Å². The zero-order valence-corrected chi connectivity index (χ0v) is 15.5. The summed E-state index contributed by atoms with van der Waals surface area (Å²) in [7, 11) is 1.83. The highest BCUT2D eigenvalue weighted by Gasteiger charge is 2.27. The SMILES string of the molecule is C[C@H](C(=O)NC1CCCC1)[NH+](C)CC(=O)Nc1c(Cl)cccc1Cl. The molecule has 0 bridgehead atoms. The van der Waals surface area contributed by atoms with Gasteiger partial charge in [0, 0.05) is 6.04 Å². The molecule has 0 saturated heterocycles. The largest absolute Gasteiger partial charge is 0.348 e. The van der Waals surface area contributed by atoms with E-state index < -0.39 is 0 Å². The van der Waals surface area contributed by atoms with Crippen LogP contribution in [0.1, 0.15) is 32.6 Å². The molecule has 2 rings (SSSR count). The molecule has 1 aromatic carbocycles. The Morgan fingerprint density at radius 3 is 2.42 bits per heavy atom. The summed E-state index contributed by atoms with van der Waals surface area (Å²) in [5.74, 6) is -0.244. The van der Waals surface area contributed by atoms with Crippen LogP contribution < -0.4 is 15.5 Å². The Labute approximate surface area is 152 Å². The van der Waals surface area contributed by atoms with Crippen molar-refractivity contribution in [2.75, 3.05) is 18.9 Å². The first kappa shape index (κ1) is 19.0. The number of hydrogen-bond acceptors (Lipinski definition) is 2. The molecule has 1 unspecified atom stereocenters. The molecular formula is C17H24Cl2N3O2+. The number of carbonyl (C=O) groups is 2.